The van der Waals surface area contributed by atoms with Crippen molar-refractivity contribution in [3.8, 4) is 0 Å². The van der Waals surface area contributed by atoms with Crippen LogP contribution in [-0.2, 0) is 0 Å². The largest absolute Gasteiger partial charge is 0.336 e. The van der Waals surface area contributed by atoms with E-state index in [1.54, 1.807) is 0 Å². The molecule has 0 aliphatic rings. The molecule has 0 unspecified atom stereocenters. The molecular formula is C11H16BrNOS. The zero-order valence-electron chi connectivity index (χ0n) is 9.29. The fourth-order valence-electron chi connectivity index (χ4n) is 1.41. The molecule has 1 aromatic heterocycles. The van der Waals surface area contributed by atoms with Gasteiger partial charge in [-0.2, -0.15) is 0 Å². The van der Waals surface area contributed by atoms with Crippen molar-refractivity contribution in [3.63, 3.8) is 0 Å². The fraction of sp³-hybridized carbons (Fsp3) is 0.545. The smallest absolute Gasteiger partial charge is 0.264 e. The second-order valence-electron chi connectivity index (χ2n) is 3.70. The van der Waals surface area contributed by atoms with E-state index < -0.39 is 0 Å². The van der Waals surface area contributed by atoms with E-state index in [0.29, 0.717) is 0 Å². The summed E-state index contributed by atoms with van der Waals surface area (Å²) in [6, 6.07) is 4.06. The highest BCUT2D eigenvalue weighted by Gasteiger charge is 2.18. The third-order valence-electron chi connectivity index (χ3n) is 2.13. The third-order valence-corrected chi connectivity index (χ3v) is 3.74. The van der Waals surface area contributed by atoms with Crippen molar-refractivity contribution in [2.75, 3.05) is 6.54 Å². The van der Waals surface area contributed by atoms with Crippen molar-refractivity contribution < 1.29 is 4.79 Å². The highest BCUT2D eigenvalue weighted by Crippen LogP contribution is 2.23. The maximum Gasteiger partial charge on any atom is 0.264 e. The van der Waals surface area contributed by atoms with Crippen molar-refractivity contribution in [2.45, 2.75) is 33.2 Å². The van der Waals surface area contributed by atoms with Crippen LogP contribution < -0.4 is 0 Å². The lowest BCUT2D eigenvalue weighted by atomic mass is 10.2. The zero-order chi connectivity index (χ0) is 11.4. The van der Waals surface area contributed by atoms with Gasteiger partial charge in [0.2, 0.25) is 0 Å². The Balaban J connectivity index is 2.80. The summed E-state index contributed by atoms with van der Waals surface area (Å²) in [5, 5.41) is 0. The first-order valence-electron chi connectivity index (χ1n) is 5.12. The molecule has 0 radical (unpaired) electrons. The molecule has 0 spiro atoms. The van der Waals surface area contributed by atoms with E-state index >= 15 is 0 Å². The van der Waals surface area contributed by atoms with Gasteiger partial charge in [-0.25, -0.2) is 0 Å². The number of hydrogen-bond donors (Lipinski definition) is 0. The minimum absolute atomic E-state index is 0.141. The Morgan fingerprint density at radius 2 is 2.20 bits per heavy atom. The highest BCUT2D eigenvalue weighted by molar-refractivity contribution is 9.11. The van der Waals surface area contributed by atoms with Crippen LogP contribution in [0.25, 0.3) is 0 Å². The minimum Gasteiger partial charge on any atom is -0.336 e. The summed E-state index contributed by atoms with van der Waals surface area (Å²) in [5.74, 6) is 0.141. The molecule has 4 heteroatoms. The molecular weight excluding hydrogens is 274 g/mol. The molecule has 0 aliphatic carbocycles. The number of hydrogen-bond acceptors (Lipinski definition) is 2. The Morgan fingerprint density at radius 1 is 1.53 bits per heavy atom. The van der Waals surface area contributed by atoms with Crippen molar-refractivity contribution in [3.05, 3.63) is 20.8 Å². The SMILES string of the molecule is CCCN(C(=O)c1ccc(Br)s1)C(C)C. The molecule has 15 heavy (non-hydrogen) atoms. The monoisotopic (exact) mass is 289 g/mol. The summed E-state index contributed by atoms with van der Waals surface area (Å²) in [4.78, 5) is 14.8. The second-order valence-corrected chi connectivity index (χ2v) is 6.16. The molecule has 0 fully saturated rings. The van der Waals surface area contributed by atoms with Gasteiger partial charge in [-0.1, -0.05) is 6.92 Å². The molecule has 0 saturated carbocycles. The molecule has 1 rings (SSSR count). The summed E-state index contributed by atoms with van der Waals surface area (Å²) in [7, 11) is 0. The predicted octanol–water partition coefficient (Wildman–Crippen LogP) is 3.77. The molecule has 1 amide bonds. The number of thiophene rings is 1. The quantitative estimate of drug-likeness (QED) is 0.826. The number of carbonyl (C=O) groups excluding carboxylic acids is 1. The van der Waals surface area contributed by atoms with E-state index in [1.165, 1.54) is 11.3 Å². The van der Waals surface area contributed by atoms with E-state index in [1.807, 2.05) is 17.0 Å². The van der Waals surface area contributed by atoms with Crippen molar-refractivity contribution >= 4 is 33.2 Å². The molecule has 0 saturated heterocycles. The molecule has 0 aromatic carbocycles. The topological polar surface area (TPSA) is 20.3 Å². The molecule has 84 valence electrons. The summed E-state index contributed by atoms with van der Waals surface area (Å²) in [6.07, 6.45) is 0.996. The van der Waals surface area contributed by atoms with Crippen LogP contribution in [0.3, 0.4) is 0 Å². The zero-order valence-corrected chi connectivity index (χ0v) is 11.7. The Morgan fingerprint density at radius 3 is 2.60 bits per heavy atom. The summed E-state index contributed by atoms with van der Waals surface area (Å²) >= 11 is 4.87. The standard InChI is InChI=1S/C11H16BrNOS/c1-4-7-13(8(2)3)11(14)9-5-6-10(12)15-9/h5-6,8H,4,7H2,1-3H3. The van der Waals surface area contributed by atoms with Crippen LogP contribution >= 0.6 is 27.3 Å². The molecule has 0 N–H and O–H groups in total. The lowest BCUT2D eigenvalue weighted by Crippen LogP contribution is -2.37. The maximum atomic E-state index is 12.1. The van der Waals surface area contributed by atoms with Gasteiger partial charge in [-0.05, 0) is 48.3 Å². The minimum atomic E-state index is 0.141. The number of amides is 1. The maximum absolute atomic E-state index is 12.1. The Hall–Kier alpha value is -0.350. The van der Waals surface area contributed by atoms with Crippen LogP contribution in [0.15, 0.2) is 15.9 Å². The van der Waals surface area contributed by atoms with Gasteiger partial charge in [-0.15, -0.1) is 11.3 Å². The Bertz CT molecular complexity index is 335. The van der Waals surface area contributed by atoms with Gasteiger partial charge in [-0.3, -0.25) is 4.79 Å². The normalized spacial score (nSPS) is 10.7. The first-order valence-corrected chi connectivity index (χ1v) is 6.73. The predicted molar refractivity (Wildman–Crippen MR) is 68.5 cm³/mol. The summed E-state index contributed by atoms with van der Waals surface area (Å²) in [6.45, 7) is 7.02. The number of carbonyl (C=O) groups is 1. The van der Waals surface area contributed by atoms with Crippen molar-refractivity contribution in [1.82, 2.24) is 4.90 Å². The Kier molecular flexibility index (Phi) is 4.80. The molecule has 1 aromatic rings. The van der Waals surface area contributed by atoms with Crippen LogP contribution in [-0.4, -0.2) is 23.4 Å². The van der Waals surface area contributed by atoms with Gasteiger partial charge in [0.1, 0.15) is 0 Å². The average molecular weight is 290 g/mol. The molecule has 1 heterocycles. The summed E-state index contributed by atoms with van der Waals surface area (Å²) in [5.41, 5.74) is 0. The number of nitrogens with zero attached hydrogens (tertiary/aromatic N) is 1. The van der Waals surface area contributed by atoms with E-state index in [-0.39, 0.29) is 11.9 Å². The van der Waals surface area contributed by atoms with Gasteiger partial charge in [0.25, 0.3) is 5.91 Å². The van der Waals surface area contributed by atoms with E-state index in [0.717, 1.165) is 21.6 Å². The van der Waals surface area contributed by atoms with Gasteiger partial charge >= 0.3 is 0 Å². The average Bonchev–Trinajstić information content (AvgIpc) is 2.59. The second kappa shape index (κ2) is 5.66. The lowest BCUT2D eigenvalue weighted by molar-refractivity contribution is 0.0711. The molecule has 0 aliphatic heterocycles. The van der Waals surface area contributed by atoms with Gasteiger partial charge in [0, 0.05) is 12.6 Å². The van der Waals surface area contributed by atoms with Crippen LogP contribution in [0.5, 0.6) is 0 Å². The fourth-order valence-corrected chi connectivity index (χ4v) is 2.75. The van der Waals surface area contributed by atoms with E-state index in [9.17, 15) is 4.79 Å². The summed E-state index contributed by atoms with van der Waals surface area (Å²) < 4.78 is 1.01. The van der Waals surface area contributed by atoms with Gasteiger partial charge < -0.3 is 4.90 Å². The van der Waals surface area contributed by atoms with Crippen molar-refractivity contribution in [2.24, 2.45) is 0 Å². The van der Waals surface area contributed by atoms with E-state index in [4.69, 9.17) is 0 Å². The molecule has 0 bridgehead atoms. The van der Waals surface area contributed by atoms with Gasteiger partial charge in [0.15, 0.2) is 0 Å². The van der Waals surface area contributed by atoms with Crippen molar-refractivity contribution in [1.29, 1.82) is 0 Å². The first kappa shape index (κ1) is 12.7. The first-order chi connectivity index (χ1) is 7.06. The Labute approximate surface area is 103 Å². The van der Waals surface area contributed by atoms with Gasteiger partial charge in [0.05, 0.1) is 8.66 Å². The lowest BCUT2D eigenvalue weighted by Gasteiger charge is -2.25. The molecule has 0 atom stereocenters. The van der Waals surface area contributed by atoms with Crippen LogP contribution in [0.4, 0.5) is 0 Å². The number of halogens is 1. The van der Waals surface area contributed by atoms with E-state index in [2.05, 4.69) is 36.7 Å². The number of rotatable bonds is 4. The highest BCUT2D eigenvalue weighted by atomic mass is 79.9. The van der Waals surface area contributed by atoms with Crippen LogP contribution in [0, 0.1) is 0 Å². The van der Waals surface area contributed by atoms with Crippen LogP contribution in [0.2, 0.25) is 0 Å². The van der Waals surface area contributed by atoms with Crippen LogP contribution in [0.1, 0.15) is 36.9 Å². The third kappa shape index (κ3) is 3.31. The molecule has 2 nitrogen and oxygen atoms in total.